The molecular weight excluding hydrogens is 254 g/mol. The van der Waals surface area contributed by atoms with Gasteiger partial charge >= 0.3 is 0 Å². The largest absolute Gasteiger partial charge is 0.348 e. The van der Waals surface area contributed by atoms with Crippen molar-refractivity contribution in [3.8, 4) is 0 Å². The average Bonchev–Trinajstić information content (AvgIpc) is 2.93. The van der Waals surface area contributed by atoms with Gasteiger partial charge in [0.05, 0.1) is 12.0 Å². The smallest absolute Gasteiger partial charge is 0.226 e. The van der Waals surface area contributed by atoms with E-state index in [-0.39, 0.29) is 11.3 Å². The summed E-state index contributed by atoms with van der Waals surface area (Å²) < 4.78 is 1.95. The van der Waals surface area contributed by atoms with E-state index in [4.69, 9.17) is 0 Å². The third kappa shape index (κ3) is 3.17. The van der Waals surface area contributed by atoms with Crippen molar-refractivity contribution in [2.24, 2.45) is 5.41 Å². The van der Waals surface area contributed by atoms with Crippen LogP contribution in [0.1, 0.15) is 45.4 Å². The Morgan fingerprint density at radius 3 is 2.85 bits per heavy atom. The van der Waals surface area contributed by atoms with Gasteiger partial charge in [-0.05, 0) is 39.3 Å². The Bertz CT molecular complexity index is 431. The molecule has 1 amide bonds. The Hall–Kier alpha value is -1.43. The van der Waals surface area contributed by atoms with Gasteiger partial charge < -0.3 is 15.2 Å². The van der Waals surface area contributed by atoms with E-state index in [1.165, 1.54) is 0 Å². The lowest BCUT2D eigenvalue weighted by molar-refractivity contribution is -0.133. The lowest BCUT2D eigenvalue weighted by atomic mass is 9.74. The van der Waals surface area contributed by atoms with Gasteiger partial charge in [-0.25, -0.2) is 0 Å². The zero-order valence-electron chi connectivity index (χ0n) is 12.5. The minimum atomic E-state index is -0.197. The molecule has 2 N–H and O–H groups in total. The van der Waals surface area contributed by atoms with Gasteiger partial charge in [-0.3, -0.25) is 4.79 Å². The molecule has 1 aliphatic heterocycles. The molecule has 1 aliphatic rings. The van der Waals surface area contributed by atoms with E-state index in [1.54, 1.807) is 6.33 Å². The molecule has 0 aromatic carbocycles. The molecule has 1 fully saturated rings. The molecule has 1 aromatic rings. The van der Waals surface area contributed by atoms with Crippen LogP contribution in [-0.4, -0.2) is 33.8 Å². The second-order valence-corrected chi connectivity index (χ2v) is 5.50. The fourth-order valence-corrected chi connectivity index (χ4v) is 3.00. The third-order valence-corrected chi connectivity index (χ3v) is 4.21. The maximum atomic E-state index is 12.6. The first kappa shape index (κ1) is 15.0. The van der Waals surface area contributed by atoms with Gasteiger partial charge in [0.1, 0.15) is 6.33 Å². The highest BCUT2D eigenvalue weighted by Crippen LogP contribution is 2.34. The molecule has 0 aliphatic carbocycles. The van der Waals surface area contributed by atoms with Crippen molar-refractivity contribution in [2.75, 3.05) is 13.1 Å². The number of carbonyl (C=O) groups is 1. The average molecular weight is 279 g/mol. The molecular formula is C14H25N5O. The van der Waals surface area contributed by atoms with Crippen LogP contribution in [0.25, 0.3) is 0 Å². The number of aromatic nitrogens is 3. The maximum absolute atomic E-state index is 12.6. The molecule has 2 heterocycles. The summed E-state index contributed by atoms with van der Waals surface area (Å²) in [5, 5.41) is 14.3. The topological polar surface area (TPSA) is 71.8 Å². The van der Waals surface area contributed by atoms with Crippen molar-refractivity contribution in [3.63, 3.8) is 0 Å². The van der Waals surface area contributed by atoms with Crippen molar-refractivity contribution < 1.29 is 4.79 Å². The standard InChI is InChI=1S/C14H25N5O/c1-3-5-14(6-8-15-9-7-14)13(20)16-10-12-18-17-11-19(12)4-2/h11,15H,3-10H2,1-2H3,(H,16,20). The maximum Gasteiger partial charge on any atom is 0.226 e. The number of rotatable bonds is 6. The Kier molecular flexibility index (Phi) is 5.11. The van der Waals surface area contributed by atoms with Crippen LogP contribution >= 0.6 is 0 Å². The molecule has 0 radical (unpaired) electrons. The zero-order valence-corrected chi connectivity index (χ0v) is 12.5. The molecule has 0 saturated carbocycles. The first-order valence-corrected chi connectivity index (χ1v) is 7.57. The van der Waals surface area contributed by atoms with E-state index in [9.17, 15) is 4.79 Å². The number of aryl methyl sites for hydroxylation is 1. The molecule has 20 heavy (non-hydrogen) atoms. The number of nitrogens with one attached hydrogen (secondary N) is 2. The SMILES string of the molecule is CCCC1(C(=O)NCc2nncn2CC)CCNCC1. The van der Waals surface area contributed by atoms with Crippen molar-refractivity contribution in [1.29, 1.82) is 0 Å². The van der Waals surface area contributed by atoms with Crippen molar-refractivity contribution >= 4 is 5.91 Å². The highest BCUT2D eigenvalue weighted by atomic mass is 16.2. The lowest BCUT2D eigenvalue weighted by Gasteiger charge is -2.36. The van der Waals surface area contributed by atoms with E-state index in [1.807, 2.05) is 11.5 Å². The fraction of sp³-hybridized carbons (Fsp3) is 0.786. The quantitative estimate of drug-likeness (QED) is 0.817. The molecule has 0 spiro atoms. The molecule has 2 rings (SSSR count). The first-order valence-electron chi connectivity index (χ1n) is 7.57. The predicted molar refractivity (Wildman–Crippen MR) is 77.0 cm³/mol. The molecule has 1 saturated heterocycles. The van der Waals surface area contributed by atoms with Crippen molar-refractivity contribution in [3.05, 3.63) is 12.2 Å². The van der Waals surface area contributed by atoms with E-state index in [0.29, 0.717) is 6.54 Å². The summed E-state index contributed by atoms with van der Waals surface area (Å²) in [4.78, 5) is 12.6. The van der Waals surface area contributed by atoms with Crippen LogP contribution in [0, 0.1) is 5.41 Å². The van der Waals surface area contributed by atoms with E-state index >= 15 is 0 Å². The molecule has 6 heteroatoms. The van der Waals surface area contributed by atoms with Crippen LogP contribution in [0.15, 0.2) is 6.33 Å². The Morgan fingerprint density at radius 2 is 2.20 bits per heavy atom. The van der Waals surface area contributed by atoms with Crippen LogP contribution in [0.4, 0.5) is 0 Å². The van der Waals surface area contributed by atoms with Crippen molar-refractivity contribution in [2.45, 2.75) is 52.6 Å². The Morgan fingerprint density at radius 1 is 1.45 bits per heavy atom. The molecule has 0 bridgehead atoms. The summed E-state index contributed by atoms with van der Waals surface area (Å²) in [6.07, 6.45) is 5.55. The second-order valence-electron chi connectivity index (χ2n) is 5.50. The predicted octanol–water partition coefficient (Wildman–Crippen LogP) is 1.08. The van der Waals surface area contributed by atoms with Gasteiger partial charge in [-0.15, -0.1) is 10.2 Å². The van der Waals surface area contributed by atoms with Crippen LogP contribution in [0.3, 0.4) is 0 Å². The number of amides is 1. The van der Waals surface area contributed by atoms with Crippen molar-refractivity contribution in [1.82, 2.24) is 25.4 Å². The van der Waals surface area contributed by atoms with E-state index in [0.717, 1.165) is 51.1 Å². The summed E-state index contributed by atoms with van der Waals surface area (Å²) in [6.45, 7) is 7.33. The second kappa shape index (κ2) is 6.83. The Balaban J connectivity index is 1.98. The zero-order chi connectivity index (χ0) is 14.4. The number of hydrogen-bond acceptors (Lipinski definition) is 4. The van der Waals surface area contributed by atoms with E-state index < -0.39 is 0 Å². The lowest BCUT2D eigenvalue weighted by Crippen LogP contribution is -2.47. The van der Waals surface area contributed by atoms with Crippen LogP contribution < -0.4 is 10.6 Å². The molecule has 0 unspecified atom stereocenters. The highest BCUT2D eigenvalue weighted by molar-refractivity contribution is 5.82. The molecule has 0 atom stereocenters. The first-order chi connectivity index (χ1) is 9.72. The summed E-state index contributed by atoms with van der Waals surface area (Å²) in [5.41, 5.74) is -0.197. The van der Waals surface area contributed by atoms with Gasteiger partial charge in [-0.2, -0.15) is 0 Å². The highest BCUT2D eigenvalue weighted by Gasteiger charge is 2.38. The third-order valence-electron chi connectivity index (χ3n) is 4.21. The summed E-state index contributed by atoms with van der Waals surface area (Å²) in [7, 11) is 0. The number of hydrogen-bond donors (Lipinski definition) is 2. The molecule has 1 aromatic heterocycles. The Labute approximate surface area is 120 Å². The molecule has 112 valence electrons. The minimum absolute atomic E-state index is 0.173. The summed E-state index contributed by atoms with van der Waals surface area (Å²) >= 11 is 0. The summed E-state index contributed by atoms with van der Waals surface area (Å²) in [5.74, 6) is 0.993. The van der Waals surface area contributed by atoms with Gasteiger partial charge in [0.15, 0.2) is 5.82 Å². The summed E-state index contributed by atoms with van der Waals surface area (Å²) in [6, 6.07) is 0. The van der Waals surface area contributed by atoms with Crippen LogP contribution in [0.5, 0.6) is 0 Å². The normalized spacial score (nSPS) is 17.9. The monoisotopic (exact) mass is 279 g/mol. The number of piperidine rings is 1. The minimum Gasteiger partial charge on any atom is -0.348 e. The van der Waals surface area contributed by atoms with Gasteiger partial charge in [-0.1, -0.05) is 13.3 Å². The fourth-order valence-electron chi connectivity index (χ4n) is 3.00. The van der Waals surface area contributed by atoms with Gasteiger partial charge in [0, 0.05) is 6.54 Å². The van der Waals surface area contributed by atoms with Gasteiger partial charge in [0.25, 0.3) is 0 Å². The van der Waals surface area contributed by atoms with Crippen LogP contribution in [-0.2, 0) is 17.9 Å². The van der Waals surface area contributed by atoms with Gasteiger partial charge in [0.2, 0.25) is 5.91 Å². The number of nitrogens with zero attached hydrogens (tertiary/aromatic N) is 3. The molecule has 6 nitrogen and oxygen atoms in total. The number of carbonyl (C=O) groups excluding carboxylic acids is 1. The van der Waals surface area contributed by atoms with E-state index in [2.05, 4.69) is 27.8 Å². The van der Waals surface area contributed by atoms with Crippen LogP contribution in [0.2, 0.25) is 0 Å².